The summed E-state index contributed by atoms with van der Waals surface area (Å²) in [6, 6.07) is 5.32. The molecule has 1 amide bonds. The summed E-state index contributed by atoms with van der Waals surface area (Å²) >= 11 is 0. The van der Waals surface area contributed by atoms with Crippen molar-refractivity contribution in [1.29, 1.82) is 0 Å². The second-order valence-corrected chi connectivity index (χ2v) is 3.54. The van der Waals surface area contributed by atoms with E-state index in [2.05, 4.69) is 0 Å². The van der Waals surface area contributed by atoms with Crippen molar-refractivity contribution in [1.82, 2.24) is 4.90 Å². The predicted molar refractivity (Wildman–Crippen MR) is 59.6 cm³/mol. The highest BCUT2D eigenvalue weighted by Gasteiger charge is 2.13. The van der Waals surface area contributed by atoms with E-state index in [1.54, 1.807) is 19.2 Å². The fourth-order valence-electron chi connectivity index (χ4n) is 1.33. The van der Waals surface area contributed by atoms with Gasteiger partial charge < -0.3 is 15.7 Å². The van der Waals surface area contributed by atoms with Gasteiger partial charge in [-0.15, -0.1) is 0 Å². The highest BCUT2D eigenvalue weighted by atomic mass is 16.3. The molecule has 1 rings (SSSR count). The molecule has 0 spiro atoms. The van der Waals surface area contributed by atoms with E-state index in [4.69, 9.17) is 10.8 Å². The van der Waals surface area contributed by atoms with Crippen LogP contribution in [-0.4, -0.2) is 36.1 Å². The van der Waals surface area contributed by atoms with E-state index < -0.39 is 0 Å². The Hall–Kier alpha value is -1.55. The van der Waals surface area contributed by atoms with Crippen LogP contribution >= 0.6 is 0 Å². The molecule has 82 valence electrons. The van der Waals surface area contributed by atoms with Gasteiger partial charge >= 0.3 is 0 Å². The Bertz CT molecular complexity index is 364. The molecule has 0 aliphatic carbocycles. The number of nitrogens with zero attached hydrogens (tertiary/aromatic N) is 1. The van der Waals surface area contributed by atoms with E-state index in [1.807, 2.05) is 13.0 Å². The number of carbonyl (C=O) groups excluding carboxylic acids is 1. The van der Waals surface area contributed by atoms with Gasteiger partial charge in [-0.25, -0.2) is 0 Å². The SMILES string of the molecule is Cc1ccc(C(=O)N(C)CCO)c(N)c1. The molecule has 0 aliphatic heterocycles. The van der Waals surface area contributed by atoms with Gasteiger partial charge in [0.05, 0.1) is 12.2 Å². The first-order chi connectivity index (χ1) is 7.06. The lowest BCUT2D eigenvalue weighted by molar-refractivity contribution is 0.0768. The summed E-state index contributed by atoms with van der Waals surface area (Å²) < 4.78 is 0. The number of nitrogen functional groups attached to an aromatic ring is 1. The molecule has 0 atom stereocenters. The van der Waals surface area contributed by atoms with E-state index in [0.717, 1.165) is 5.56 Å². The number of aliphatic hydroxyl groups is 1. The van der Waals surface area contributed by atoms with Crippen molar-refractivity contribution in [2.24, 2.45) is 0 Å². The van der Waals surface area contributed by atoms with Crippen molar-refractivity contribution in [3.8, 4) is 0 Å². The molecule has 3 N–H and O–H groups in total. The van der Waals surface area contributed by atoms with Crippen LogP contribution in [0.5, 0.6) is 0 Å². The maximum Gasteiger partial charge on any atom is 0.255 e. The van der Waals surface area contributed by atoms with Gasteiger partial charge in [0, 0.05) is 19.3 Å². The third kappa shape index (κ3) is 2.70. The summed E-state index contributed by atoms with van der Waals surface area (Å²) in [6.45, 7) is 2.18. The summed E-state index contributed by atoms with van der Waals surface area (Å²) in [5.74, 6) is -0.165. The number of carbonyl (C=O) groups is 1. The van der Waals surface area contributed by atoms with Gasteiger partial charge in [0.1, 0.15) is 0 Å². The minimum absolute atomic E-state index is 0.0476. The first-order valence-corrected chi connectivity index (χ1v) is 4.78. The molecular weight excluding hydrogens is 192 g/mol. The van der Waals surface area contributed by atoms with Crippen molar-refractivity contribution in [2.45, 2.75) is 6.92 Å². The number of amides is 1. The van der Waals surface area contributed by atoms with Crippen molar-refractivity contribution < 1.29 is 9.90 Å². The highest BCUT2D eigenvalue weighted by Crippen LogP contribution is 2.15. The average molecular weight is 208 g/mol. The minimum Gasteiger partial charge on any atom is -0.398 e. The Balaban J connectivity index is 2.91. The monoisotopic (exact) mass is 208 g/mol. The Labute approximate surface area is 89.3 Å². The number of nitrogens with two attached hydrogens (primary N) is 1. The topological polar surface area (TPSA) is 66.6 Å². The first-order valence-electron chi connectivity index (χ1n) is 4.78. The third-order valence-corrected chi connectivity index (χ3v) is 2.22. The van der Waals surface area contributed by atoms with E-state index in [-0.39, 0.29) is 12.5 Å². The molecule has 0 heterocycles. The molecule has 0 saturated heterocycles. The van der Waals surface area contributed by atoms with Gasteiger partial charge in [-0.1, -0.05) is 6.07 Å². The van der Waals surface area contributed by atoms with Crippen LogP contribution < -0.4 is 5.73 Å². The number of benzene rings is 1. The second kappa shape index (κ2) is 4.79. The van der Waals surface area contributed by atoms with E-state index in [9.17, 15) is 4.79 Å². The fourth-order valence-corrected chi connectivity index (χ4v) is 1.33. The van der Waals surface area contributed by atoms with Crippen LogP contribution in [-0.2, 0) is 0 Å². The fraction of sp³-hybridized carbons (Fsp3) is 0.364. The quantitative estimate of drug-likeness (QED) is 0.716. The molecule has 0 aliphatic rings. The smallest absolute Gasteiger partial charge is 0.255 e. The zero-order valence-electron chi connectivity index (χ0n) is 9.03. The van der Waals surface area contributed by atoms with Gasteiger partial charge in [-0.3, -0.25) is 4.79 Å². The summed E-state index contributed by atoms with van der Waals surface area (Å²) in [7, 11) is 1.64. The van der Waals surface area contributed by atoms with Crippen LogP contribution in [0.25, 0.3) is 0 Å². The lowest BCUT2D eigenvalue weighted by Crippen LogP contribution is -2.30. The Morgan fingerprint density at radius 1 is 1.53 bits per heavy atom. The Morgan fingerprint density at radius 2 is 2.20 bits per heavy atom. The molecule has 0 radical (unpaired) electrons. The van der Waals surface area contributed by atoms with E-state index in [1.165, 1.54) is 4.90 Å². The summed E-state index contributed by atoms with van der Waals surface area (Å²) in [5, 5.41) is 8.72. The van der Waals surface area contributed by atoms with Crippen molar-refractivity contribution in [2.75, 3.05) is 25.9 Å². The van der Waals surface area contributed by atoms with E-state index >= 15 is 0 Å². The van der Waals surface area contributed by atoms with Gasteiger partial charge in [0.2, 0.25) is 0 Å². The average Bonchev–Trinajstić information content (AvgIpc) is 2.17. The summed E-state index contributed by atoms with van der Waals surface area (Å²) in [5.41, 5.74) is 7.73. The molecule has 0 unspecified atom stereocenters. The van der Waals surface area contributed by atoms with Crippen LogP contribution in [0.4, 0.5) is 5.69 Å². The van der Waals surface area contributed by atoms with Crippen LogP contribution in [0.3, 0.4) is 0 Å². The zero-order valence-corrected chi connectivity index (χ0v) is 9.03. The van der Waals surface area contributed by atoms with Crippen LogP contribution in [0.2, 0.25) is 0 Å². The number of rotatable bonds is 3. The number of anilines is 1. The summed E-state index contributed by atoms with van der Waals surface area (Å²) in [6.07, 6.45) is 0. The van der Waals surface area contributed by atoms with Crippen LogP contribution in [0.15, 0.2) is 18.2 Å². The normalized spacial score (nSPS) is 10.1. The molecular formula is C11H16N2O2. The molecule has 0 aromatic heterocycles. The number of likely N-dealkylation sites (N-methyl/N-ethyl adjacent to an activating group) is 1. The largest absolute Gasteiger partial charge is 0.398 e. The second-order valence-electron chi connectivity index (χ2n) is 3.54. The molecule has 1 aromatic carbocycles. The predicted octanol–water partition coefficient (Wildman–Crippen LogP) is 0.642. The molecule has 15 heavy (non-hydrogen) atoms. The molecule has 4 heteroatoms. The number of aryl methyl sites for hydroxylation is 1. The van der Waals surface area contributed by atoms with Crippen LogP contribution in [0.1, 0.15) is 15.9 Å². The minimum atomic E-state index is -0.165. The Morgan fingerprint density at radius 3 is 2.73 bits per heavy atom. The van der Waals surface area contributed by atoms with Gasteiger partial charge in [0.15, 0.2) is 0 Å². The molecule has 1 aromatic rings. The number of hydrogen-bond acceptors (Lipinski definition) is 3. The van der Waals surface area contributed by atoms with Crippen molar-refractivity contribution >= 4 is 11.6 Å². The lowest BCUT2D eigenvalue weighted by Gasteiger charge is -2.16. The van der Waals surface area contributed by atoms with Gasteiger partial charge in [-0.05, 0) is 24.6 Å². The summed E-state index contributed by atoms with van der Waals surface area (Å²) in [4.78, 5) is 13.2. The molecule has 0 saturated carbocycles. The third-order valence-electron chi connectivity index (χ3n) is 2.22. The van der Waals surface area contributed by atoms with E-state index in [0.29, 0.717) is 17.8 Å². The molecule has 0 fully saturated rings. The first kappa shape index (κ1) is 11.5. The zero-order chi connectivity index (χ0) is 11.4. The molecule has 0 bridgehead atoms. The number of hydrogen-bond donors (Lipinski definition) is 2. The number of aliphatic hydroxyl groups excluding tert-OH is 1. The van der Waals surface area contributed by atoms with Gasteiger partial charge in [0.25, 0.3) is 5.91 Å². The lowest BCUT2D eigenvalue weighted by atomic mass is 10.1. The van der Waals surface area contributed by atoms with Gasteiger partial charge in [-0.2, -0.15) is 0 Å². The molecule has 4 nitrogen and oxygen atoms in total. The highest BCUT2D eigenvalue weighted by molar-refractivity contribution is 5.99. The maximum absolute atomic E-state index is 11.8. The standard InChI is InChI=1S/C11H16N2O2/c1-8-3-4-9(10(12)7-8)11(15)13(2)5-6-14/h3-4,7,14H,5-6,12H2,1-2H3. The van der Waals surface area contributed by atoms with Crippen molar-refractivity contribution in [3.63, 3.8) is 0 Å². The van der Waals surface area contributed by atoms with Crippen molar-refractivity contribution in [3.05, 3.63) is 29.3 Å². The van der Waals surface area contributed by atoms with Crippen LogP contribution in [0, 0.1) is 6.92 Å². The Kier molecular flexibility index (Phi) is 3.68. The maximum atomic E-state index is 11.8.